The van der Waals surface area contributed by atoms with Crippen LogP contribution in [0.5, 0.6) is 0 Å². The predicted octanol–water partition coefficient (Wildman–Crippen LogP) is 2.87. The molecule has 2 fully saturated rings. The molecule has 2 atom stereocenters. The number of carboxylic acid groups (broad SMARTS) is 3. The van der Waals surface area contributed by atoms with Gasteiger partial charge >= 0.3 is 24.1 Å². The summed E-state index contributed by atoms with van der Waals surface area (Å²) in [6, 6.07) is 9.31. The van der Waals surface area contributed by atoms with E-state index in [2.05, 4.69) is 0 Å². The number of hydrogen-bond donors (Lipinski definition) is 3. The molecule has 2 amide bonds. The van der Waals surface area contributed by atoms with E-state index in [9.17, 15) is 24.3 Å². The second-order valence-corrected chi connectivity index (χ2v) is 7.99. The zero-order chi connectivity index (χ0) is 23.2. The fraction of sp³-hybridized carbons (Fsp3) is 0.524. The average molecular weight is 436 g/mol. The van der Waals surface area contributed by atoms with Crippen LogP contribution in [-0.2, 0) is 20.9 Å². The minimum absolute atomic E-state index is 0.159. The van der Waals surface area contributed by atoms with Gasteiger partial charge in [-0.25, -0.2) is 19.2 Å². The highest BCUT2D eigenvalue weighted by atomic mass is 16.6. The molecular formula is C21H28N2O8. The van der Waals surface area contributed by atoms with Gasteiger partial charge in [0.05, 0.1) is 0 Å². The van der Waals surface area contributed by atoms with Crippen LogP contribution in [0, 0.1) is 0 Å². The van der Waals surface area contributed by atoms with Gasteiger partial charge in [0.15, 0.2) is 0 Å². The van der Waals surface area contributed by atoms with Crippen molar-refractivity contribution >= 4 is 24.1 Å². The van der Waals surface area contributed by atoms with Gasteiger partial charge < -0.3 is 20.1 Å². The van der Waals surface area contributed by atoms with E-state index in [1.54, 1.807) is 6.92 Å². The summed E-state index contributed by atoms with van der Waals surface area (Å²) in [5.41, 5.74) is -1.48. The van der Waals surface area contributed by atoms with Gasteiger partial charge in [0, 0.05) is 13.1 Å². The van der Waals surface area contributed by atoms with E-state index in [0.29, 0.717) is 38.8 Å². The first-order chi connectivity index (χ1) is 14.5. The first-order valence-electron chi connectivity index (χ1n) is 9.98. The maximum absolute atomic E-state index is 12.0. The largest absolute Gasteiger partial charge is 0.480 e. The number of nitrogens with zero attached hydrogens (tertiary/aromatic N) is 2. The number of ether oxygens (including phenoxy) is 1. The van der Waals surface area contributed by atoms with Gasteiger partial charge in [-0.3, -0.25) is 9.80 Å². The molecule has 2 unspecified atom stereocenters. The quantitative estimate of drug-likeness (QED) is 0.653. The third-order valence-corrected chi connectivity index (χ3v) is 5.86. The van der Waals surface area contributed by atoms with Gasteiger partial charge in [0.2, 0.25) is 0 Å². The molecule has 3 rings (SSSR count). The van der Waals surface area contributed by atoms with Crippen molar-refractivity contribution < 1.29 is 39.2 Å². The smallest absolute Gasteiger partial charge is 0.411 e. The second-order valence-electron chi connectivity index (χ2n) is 7.99. The van der Waals surface area contributed by atoms with Crippen LogP contribution in [0.15, 0.2) is 30.3 Å². The summed E-state index contributed by atoms with van der Waals surface area (Å²) >= 11 is 0. The number of hydrogen-bond acceptors (Lipinski definition) is 5. The molecule has 1 aromatic carbocycles. The lowest BCUT2D eigenvalue weighted by Gasteiger charge is -2.30. The highest BCUT2D eigenvalue weighted by molar-refractivity contribution is 5.85. The minimum Gasteiger partial charge on any atom is -0.480 e. The molecule has 2 aliphatic rings. The van der Waals surface area contributed by atoms with E-state index >= 15 is 0 Å². The fourth-order valence-electron chi connectivity index (χ4n) is 3.77. The third-order valence-electron chi connectivity index (χ3n) is 5.86. The normalized spacial score (nSPS) is 24.8. The summed E-state index contributed by atoms with van der Waals surface area (Å²) in [5, 5.41) is 26.7. The molecule has 0 radical (unpaired) electrons. The van der Waals surface area contributed by atoms with Crippen LogP contribution in [-0.4, -0.2) is 73.4 Å². The number of benzene rings is 1. The van der Waals surface area contributed by atoms with Crippen LogP contribution in [0.25, 0.3) is 0 Å². The van der Waals surface area contributed by atoms with E-state index in [4.69, 9.17) is 14.9 Å². The fourth-order valence-corrected chi connectivity index (χ4v) is 3.77. The van der Waals surface area contributed by atoms with E-state index in [0.717, 1.165) is 10.5 Å². The van der Waals surface area contributed by atoms with Crippen LogP contribution < -0.4 is 0 Å². The molecular weight excluding hydrogens is 408 g/mol. The van der Waals surface area contributed by atoms with Gasteiger partial charge in [-0.05, 0) is 45.1 Å². The zero-order valence-corrected chi connectivity index (χ0v) is 17.6. The highest BCUT2D eigenvalue weighted by Crippen LogP contribution is 2.30. The molecule has 3 N–H and O–H groups in total. The predicted molar refractivity (Wildman–Crippen MR) is 109 cm³/mol. The van der Waals surface area contributed by atoms with Gasteiger partial charge in [-0.15, -0.1) is 0 Å². The van der Waals surface area contributed by atoms with Gasteiger partial charge in [0.25, 0.3) is 0 Å². The standard InChI is InChI=1S/C14H17NO4.C7H11NO4/c1-14(12(16)17)8-5-9-15(14)13(18)19-10-11-6-3-2-4-7-11;1-7(5(9)10)3-2-4-8(7)6(11)12/h2-4,6-7H,5,8-10H2,1H3,(H,16,17);2-4H2,1H3,(H,9,10)(H,11,12). The molecule has 2 aliphatic heterocycles. The molecule has 0 spiro atoms. The number of carbonyl (C=O) groups is 4. The summed E-state index contributed by atoms with van der Waals surface area (Å²) < 4.78 is 5.18. The Morgan fingerprint density at radius 3 is 1.81 bits per heavy atom. The molecule has 0 aliphatic carbocycles. The van der Waals surface area contributed by atoms with Crippen molar-refractivity contribution in [3.8, 4) is 0 Å². The van der Waals surface area contributed by atoms with Crippen LogP contribution in [0.2, 0.25) is 0 Å². The Kier molecular flexibility index (Phi) is 7.48. The number of rotatable bonds is 4. The Labute approximate surface area is 180 Å². The van der Waals surface area contributed by atoms with Crippen molar-refractivity contribution in [2.75, 3.05) is 13.1 Å². The van der Waals surface area contributed by atoms with Crippen molar-refractivity contribution in [2.24, 2.45) is 0 Å². The van der Waals surface area contributed by atoms with Crippen molar-refractivity contribution in [3.63, 3.8) is 0 Å². The topological polar surface area (TPSA) is 145 Å². The summed E-state index contributed by atoms with van der Waals surface area (Å²) in [6.07, 6.45) is 0.444. The Hall–Kier alpha value is -3.30. The van der Waals surface area contributed by atoms with Gasteiger partial charge in [-0.1, -0.05) is 30.3 Å². The van der Waals surface area contributed by atoms with Crippen LogP contribution in [0.3, 0.4) is 0 Å². The second kappa shape index (κ2) is 9.67. The van der Waals surface area contributed by atoms with Crippen LogP contribution in [0.4, 0.5) is 9.59 Å². The number of carboxylic acids is 2. The van der Waals surface area contributed by atoms with E-state index in [-0.39, 0.29) is 6.61 Å². The Morgan fingerprint density at radius 2 is 1.35 bits per heavy atom. The van der Waals surface area contributed by atoms with Crippen molar-refractivity contribution in [1.82, 2.24) is 9.80 Å². The molecule has 31 heavy (non-hydrogen) atoms. The molecule has 1 aromatic rings. The molecule has 0 aromatic heterocycles. The third kappa shape index (κ3) is 5.25. The van der Waals surface area contributed by atoms with E-state index < -0.39 is 35.2 Å². The van der Waals surface area contributed by atoms with E-state index in [1.165, 1.54) is 11.8 Å². The first-order valence-corrected chi connectivity index (χ1v) is 9.98. The molecule has 2 saturated heterocycles. The lowest BCUT2D eigenvalue weighted by Crippen LogP contribution is -2.50. The van der Waals surface area contributed by atoms with Crippen molar-refractivity contribution in [2.45, 2.75) is 57.2 Å². The van der Waals surface area contributed by atoms with Crippen molar-refractivity contribution in [1.29, 1.82) is 0 Å². The maximum Gasteiger partial charge on any atom is 0.411 e. The SMILES string of the molecule is CC1(C(=O)O)CCCN1C(=O)O.CC1(C(=O)O)CCCN1C(=O)OCc1ccccc1. The molecule has 2 heterocycles. The van der Waals surface area contributed by atoms with Crippen LogP contribution in [0.1, 0.15) is 45.1 Å². The highest BCUT2D eigenvalue weighted by Gasteiger charge is 2.47. The Balaban J connectivity index is 0.000000245. The average Bonchev–Trinajstić information content (AvgIpc) is 3.32. The first kappa shape index (κ1) is 24.0. The molecule has 0 bridgehead atoms. The number of aliphatic carboxylic acids is 2. The van der Waals surface area contributed by atoms with Crippen LogP contribution >= 0.6 is 0 Å². The molecule has 170 valence electrons. The maximum atomic E-state index is 12.0. The lowest BCUT2D eigenvalue weighted by atomic mass is 10.00. The summed E-state index contributed by atoms with van der Waals surface area (Å²) in [4.78, 5) is 46.8. The summed E-state index contributed by atoms with van der Waals surface area (Å²) in [7, 11) is 0. The number of carbonyl (C=O) groups excluding carboxylic acids is 1. The minimum atomic E-state index is -1.22. The number of amides is 2. The Morgan fingerprint density at radius 1 is 0.871 bits per heavy atom. The lowest BCUT2D eigenvalue weighted by molar-refractivity contribution is -0.148. The van der Waals surface area contributed by atoms with Crippen molar-refractivity contribution in [3.05, 3.63) is 35.9 Å². The number of likely N-dealkylation sites (tertiary alicyclic amines) is 2. The van der Waals surface area contributed by atoms with E-state index in [1.807, 2.05) is 30.3 Å². The molecule has 10 heteroatoms. The molecule has 0 saturated carbocycles. The zero-order valence-electron chi connectivity index (χ0n) is 17.6. The summed E-state index contributed by atoms with van der Waals surface area (Å²) in [6.45, 7) is 3.91. The Bertz CT molecular complexity index is 830. The van der Waals surface area contributed by atoms with Gasteiger partial charge in [-0.2, -0.15) is 0 Å². The van der Waals surface area contributed by atoms with Gasteiger partial charge in [0.1, 0.15) is 17.7 Å². The molecule has 10 nitrogen and oxygen atoms in total. The monoisotopic (exact) mass is 436 g/mol. The summed E-state index contributed by atoms with van der Waals surface area (Å²) in [5.74, 6) is -2.05.